The van der Waals surface area contributed by atoms with Gasteiger partial charge in [0, 0.05) is 36.5 Å². The van der Waals surface area contributed by atoms with E-state index in [9.17, 15) is 24.3 Å². The minimum absolute atomic E-state index is 0.112. The van der Waals surface area contributed by atoms with E-state index in [2.05, 4.69) is 10.6 Å². The Morgan fingerprint density at radius 3 is 2.27 bits per heavy atom. The molecule has 13 heteroatoms. The zero-order chi connectivity index (χ0) is 30.1. The van der Waals surface area contributed by atoms with Gasteiger partial charge in [0.25, 0.3) is 5.91 Å². The zero-order valence-corrected chi connectivity index (χ0v) is 25.1. The van der Waals surface area contributed by atoms with E-state index in [-0.39, 0.29) is 29.5 Å². The number of halogens is 2. The number of amides is 3. The van der Waals surface area contributed by atoms with Crippen molar-refractivity contribution in [1.29, 1.82) is 0 Å². The second-order valence-corrected chi connectivity index (χ2v) is 10.7. The van der Waals surface area contributed by atoms with Crippen LogP contribution in [0.2, 0.25) is 10.0 Å². The Bertz CT molecular complexity index is 1310. The number of piperidine rings is 1. The van der Waals surface area contributed by atoms with Gasteiger partial charge in [-0.3, -0.25) is 14.4 Å². The number of carboxylic acids is 1. The average Bonchev–Trinajstić information content (AvgIpc) is 2.98. The molecule has 1 heterocycles. The van der Waals surface area contributed by atoms with Crippen LogP contribution in [0.15, 0.2) is 41.3 Å². The first-order chi connectivity index (χ1) is 19.6. The minimum atomic E-state index is -1.36. The monoisotopic (exact) mass is 623 g/mol. The summed E-state index contributed by atoms with van der Waals surface area (Å²) in [6, 6.07) is 7.07. The number of ether oxygens (including phenoxy) is 2. The van der Waals surface area contributed by atoms with Crippen LogP contribution in [0.1, 0.15) is 28.8 Å². The van der Waals surface area contributed by atoms with E-state index in [0.29, 0.717) is 41.5 Å². The molecule has 0 radical (unpaired) electrons. The highest BCUT2D eigenvalue weighted by molar-refractivity contribution is 7.98. The number of carbonyl (C=O) groups is 4. The number of aliphatic carboxylic acids is 1. The van der Waals surface area contributed by atoms with Crippen molar-refractivity contribution in [2.75, 3.05) is 40.1 Å². The molecule has 2 aromatic rings. The number of nitrogens with one attached hydrogen (secondary N) is 2. The number of carboxylic acid groups (broad SMARTS) is 1. The number of carbonyl (C=O) groups excluding carboxylic acids is 3. The van der Waals surface area contributed by atoms with Crippen LogP contribution in [0.25, 0.3) is 6.08 Å². The molecular weight excluding hydrogens is 593 g/mol. The fourth-order valence-corrected chi connectivity index (χ4v) is 5.48. The summed E-state index contributed by atoms with van der Waals surface area (Å²) in [6.07, 6.45) is 5.62. The number of nitrogens with zero attached hydrogens (tertiary/aromatic N) is 1. The molecule has 1 saturated heterocycles. The molecule has 10 nitrogen and oxygen atoms in total. The smallest absolute Gasteiger partial charge is 0.328 e. The zero-order valence-electron chi connectivity index (χ0n) is 22.7. The van der Waals surface area contributed by atoms with Gasteiger partial charge in [0.15, 0.2) is 0 Å². The van der Waals surface area contributed by atoms with Crippen molar-refractivity contribution >= 4 is 64.7 Å². The van der Waals surface area contributed by atoms with Gasteiger partial charge < -0.3 is 30.1 Å². The molecule has 0 unspecified atom stereocenters. The van der Waals surface area contributed by atoms with Crippen LogP contribution < -0.4 is 20.1 Å². The first kappa shape index (κ1) is 32.1. The van der Waals surface area contributed by atoms with Gasteiger partial charge in [0.1, 0.15) is 23.1 Å². The summed E-state index contributed by atoms with van der Waals surface area (Å²) in [6.45, 7) is 0.292. The summed E-state index contributed by atoms with van der Waals surface area (Å²) in [5.41, 5.74) is 0.731. The molecule has 1 atom stereocenters. The van der Waals surface area contributed by atoms with Gasteiger partial charge >= 0.3 is 5.97 Å². The number of hydrogen-bond acceptors (Lipinski definition) is 7. The highest BCUT2D eigenvalue weighted by atomic mass is 35.5. The molecule has 3 amide bonds. The lowest BCUT2D eigenvalue weighted by molar-refractivity contribution is -0.142. The summed E-state index contributed by atoms with van der Waals surface area (Å²) in [5, 5.41) is 15.5. The number of likely N-dealkylation sites (tertiary alicyclic amines) is 1. The van der Waals surface area contributed by atoms with E-state index in [1.54, 1.807) is 35.2 Å². The number of thioether (sulfide) groups is 1. The first-order valence-electron chi connectivity index (χ1n) is 12.6. The van der Waals surface area contributed by atoms with Crippen LogP contribution in [-0.2, 0) is 14.4 Å². The fraction of sp³-hybridized carbons (Fsp3) is 0.357. The number of hydrogen-bond donors (Lipinski definition) is 3. The van der Waals surface area contributed by atoms with Crippen LogP contribution in [0.4, 0.5) is 0 Å². The van der Waals surface area contributed by atoms with Gasteiger partial charge in [-0.05, 0) is 48.9 Å². The molecule has 220 valence electrons. The summed E-state index contributed by atoms with van der Waals surface area (Å²) < 4.78 is 10.4. The maximum absolute atomic E-state index is 12.9. The predicted octanol–water partition coefficient (Wildman–Crippen LogP) is 3.98. The van der Waals surface area contributed by atoms with Crippen molar-refractivity contribution in [3.8, 4) is 11.5 Å². The second-order valence-electron chi connectivity index (χ2n) is 9.06. The molecule has 0 aromatic heterocycles. The standard InChI is InChI=1S/C28H31Cl2N3O7S/c1-39-19-5-4-6-20(40-2)23(19)27(36)31-15-18(28(37)38)32-26(35)17-11-13-33(14-12-17)22(34)10-8-16-7-9-21(41-3)25(30)24(16)29/h4-10,17-18H,11-15H2,1-3H3,(H,31,36)(H,32,35)(H,37,38)/b10-8+/t18-/m0/s1. The van der Waals surface area contributed by atoms with E-state index in [1.807, 2.05) is 12.3 Å². The largest absolute Gasteiger partial charge is 0.496 e. The molecule has 1 aliphatic heterocycles. The Morgan fingerprint density at radius 1 is 1.07 bits per heavy atom. The third kappa shape index (κ3) is 8.08. The molecule has 0 aliphatic carbocycles. The van der Waals surface area contributed by atoms with Gasteiger partial charge in [-0.1, -0.05) is 35.3 Å². The maximum atomic E-state index is 12.9. The minimum Gasteiger partial charge on any atom is -0.496 e. The molecule has 0 spiro atoms. The van der Waals surface area contributed by atoms with Crippen LogP contribution in [0.5, 0.6) is 11.5 Å². The number of benzene rings is 2. The Balaban J connectivity index is 1.54. The SMILES string of the molecule is COc1cccc(OC)c1C(=O)NC[C@H](NC(=O)C1CCN(C(=O)/C=C/c2ccc(SC)c(Cl)c2Cl)CC1)C(=O)O. The lowest BCUT2D eigenvalue weighted by Gasteiger charge is -2.31. The van der Waals surface area contributed by atoms with Crippen molar-refractivity contribution in [2.24, 2.45) is 5.92 Å². The number of rotatable bonds is 11. The van der Waals surface area contributed by atoms with Crippen LogP contribution in [0, 0.1) is 5.92 Å². The van der Waals surface area contributed by atoms with Crippen molar-refractivity contribution in [3.63, 3.8) is 0 Å². The Hall–Kier alpha value is -3.41. The highest BCUT2D eigenvalue weighted by Gasteiger charge is 2.30. The maximum Gasteiger partial charge on any atom is 0.328 e. The molecule has 1 aliphatic rings. The van der Waals surface area contributed by atoms with E-state index >= 15 is 0 Å². The van der Waals surface area contributed by atoms with E-state index in [0.717, 1.165) is 4.90 Å². The van der Waals surface area contributed by atoms with Crippen LogP contribution in [0.3, 0.4) is 0 Å². The molecule has 3 rings (SSSR count). The fourth-order valence-electron chi connectivity index (χ4n) is 4.31. The van der Waals surface area contributed by atoms with E-state index in [1.165, 1.54) is 32.1 Å². The summed E-state index contributed by atoms with van der Waals surface area (Å²) in [5.74, 6) is -2.57. The Morgan fingerprint density at radius 2 is 1.71 bits per heavy atom. The molecule has 2 aromatic carbocycles. The molecule has 0 bridgehead atoms. The molecule has 1 fully saturated rings. The summed E-state index contributed by atoms with van der Waals surface area (Å²) in [4.78, 5) is 52.6. The Labute approximate surface area is 252 Å². The second kappa shape index (κ2) is 15.0. The van der Waals surface area contributed by atoms with Gasteiger partial charge in [-0.15, -0.1) is 11.8 Å². The van der Waals surface area contributed by atoms with Crippen LogP contribution >= 0.6 is 35.0 Å². The average molecular weight is 625 g/mol. The molecule has 3 N–H and O–H groups in total. The normalized spacial score (nSPS) is 14.4. The van der Waals surface area contributed by atoms with Crippen molar-refractivity contribution < 1.29 is 33.8 Å². The summed E-state index contributed by atoms with van der Waals surface area (Å²) >= 11 is 14.1. The van der Waals surface area contributed by atoms with Gasteiger partial charge in [0.2, 0.25) is 11.8 Å². The van der Waals surface area contributed by atoms with Gasteiger partial charge in [0.05, 0.1) is 24.3 Å². The van der Waals surface area contributed by atoms with Crippen molar-refractivity contribution in [3.05, 3.63) is 57.6 Å². The highest BCUT2D eigenvalue weighted by Crippen LogP contribution is 2.35. The predicted molar refractivity (Wildman–Crippen MR) is 158 cm³/mol. The number of methoxy groups -OCH3 is 2. The lowest BCUT2D eigenvalue weighted by Crippen LogP contribution is -2.51. The topological polar surface area (TPSA) is 134 Å². The Kier molecular flexibility index (Phi) is 11.7. The quantitative estimate of drug-likeness (QED) is 0.253. The molecular formula is C28H31Cl2N3O7S. The van der Waals surface area contributed by atoms with Gasteiger partial charge in [-0.25, -0.2) is 4.79 Å². The lowest BCUT2D eigenvalue weighted by atomic mass is 9.95. The third-order valence-electron chi connectivity index (χ3n) is 6.62. The van der Waals surface area contributed by atoms with Gasteiger partial charge in [-0.2, -0.15) is 0 Å². The summed E-state index contributed by atoms with van der Waals surface area (Å²) in [7, 11) is 2.80. The third-order valence-corrected chi connectivity index (χ3v) is 8.40. The van der Waals surface area contributed by atoms with Crippen LogP contribution in [-0.4, -0.2) is 79.8 Å². The molecule has 41 heavy (non-hydrogen) atoms. The van der Waals surface area contributed by atoms with E-state index in [4.69, 9.17) is 32.7 Å². The first-order valence-corrected chi connectivity index (χ1v) is 14.6. The van der Waals surface area contributed by atoms with E-state index < -0.39 is 29.7 Å². The van der Waals surface area contributed by atoms with Crippen molar-refractivity contribution in [2.45, 2.75) is 23.8 Å². The molecule has 0 saturated carbocycles. The van der Waals surface area contributed by atoms with Crippen molar-refractivity contribution in [1.82, 2.24) is 15.5 Å².